The summed E-state index contributed by atoms with van der Waals surface area (Å²) in [5, 5.41) is 2.80. The van der Waals surface area contributed by atoms with Crippen LogP contribution < -0.4 is 10.2 Å². The number of piperazine rings is 1. The van der Waals surface area contributed by atoms with Gasteiger partial charge in [-0.2, -0.15) is 0 Å². The van der Waals surface area contributed by atoms with Gasteiger partial charge in [-0.25, -0.2) is 9.97 Å². The Balaban J connectivity index is 1.57. The van der Waals surface area contributed by atoms with Crippen molar-refractivity contribution in [3.8, 4) is 0 Å². The summed E-state index contributed by atoms with van der Waals surface area (Å²) >= 11 is 0. The van der Waals surface area contributed by atoms with Gasteiger partial charge in [-0.15, -0.1) is 0 Å². The average Bonchev–Trinajstić information content (AvgIpc) is 2.77. The van der Waals surface area contributed by atoms with Crippen molar-refractivity contribution >= 4 is 17.8 Å². The topological polar surface area (TPSA) is 101 Å². The summed E-state index contributed by atoms with van der Waals surface area (Å²) in [4.78, 5) is 41.4. The second-order valence-electron chi connectivity index (χ2n) is 6.39. The van der Waals surface area contributed by atoms with Crippen LogP contribution in [0.5, 0.6) is 0 Å². The van der Waals surface area contributed by atoms with E-state index in [1.807, 2.05) is 4.90 Å². The number of pyridine rings is 1. The minimum absolute atomic E-state index is 0.129. The predicted molar refractivity (Wildman–Crippen MR) is 103 cm³/mol. The number of amides is 2. The Kier molecular flexibility index (Phi) is 6.85. The van der Waals surface area contributed by atoms with E-state index >= 15 is 0 Å². The second kappa shape index (κ2) is 9.75. The molecule has 2 amide bonds. The molecule has 0 aromatic carbocycles. The average molecular weight is 384 g/mol. The Morgan fingerprint density at radius 1 is 1.11 bits per heavy atom. The molecule has 2 aromatic heterocycles. The fraction of sp³-hybridized carbons (Fsp3) is 0.421. The number of aromatic nitrogens is 3. The van der Waals surface area contributed by atoms with E-state index in [9.17, 15) is 9.59 Å². The molecule has 3 rings (SSSR count). The Labute approximate surface area is 163 Å². The molecule has 28 heavy (non-hydrogen) atoms. The van der Waals surface area contributed by atoms with Crippen molar-refractivity contribution in [2.75, 3.05) is 51.3 Å². The largest absolute Gasteiger partial charge is 0.385 e. The minimum Gasteiger partial charge on any atom is -0.385 e. The van der Waals surface area contributed by atoms with Crippen LogP contribution in [0.25, 0.3) is 0 Å². The lowest BCUT2D eigenvalue weighted by molar-refractivity contribution is 0.0746. The first-order valence-corrected chi connectivity index (χ1v) is 9.22. The molecule has 1 saturated heterocycles. The van der Waals surface area contributed by atoms with Gasteiger partial charge in [-0.3, -0.25) is 14.6 Å². The Morgan fingerprint density at radius 3 is 2.54 bits per heavy atom. The number of carbonyl (C=O) groups excluding carboxylic acids is 2. The lowest BCUT2D eigenvalue weighted by Crippen LogP contribution is -2.49. The van der Waals surface area contributed by atoms with E-state index in [-0.39, 0.29) is 11.8 Å². The Hall–Kier alpha value is -3.07. The van der Waals surface area contributed by atoms with Gasteiger partial charge >= 0.3 is 0 Å². The highest BCUT2D eigenvalue weighted by Crippen LogP contribution is 2.13. The van der Waals surface area contributed by atoms with E-state index in [2.05, 4.69) is 20.3 Å². The zero-order chi connectivity index (χ0) is 19.8. The number of nitrogens with zero attached hydrogens (tertiary/aromatic N) is 5. The molecule has 0 atom stereocenters. The van der Waals surface area contributed by atoms with E-state index in [1.165, 1.54) is 12.4 Å². The third-order valence-electron chi connectivity index (χ3n) is 4.46. The van der Waals surface area contributed by atoms with Crippen molar-refractivity contribution in [3.05, 3.63) is 48.0 Å². The smallest absolute Gasteiger partial charge is 0.255 e. The number of methoxy groups -OCH3 is 1. The summed E-state index contributed by atoms with van der Waals surface area (Å²) in [7, 11) is 1.62. The summed E-state index contributed by atoms with van der Waals surface area (Å²) in [5.41, 5.74) is 0.786. The highest BCUT2D eigenvalue weighted by atomic mass is 16.5. The third-order valence-corrected chi connectivity index (χ3v) is 4.46. The maximum atomic E-state index is 12.8. The van der Waals surface area contributed by atoms with Gasteiger partial charge < -0.3 is 19.9 Å². The van der Waals surface area contributed by atoms with Crippen LogP contribution in [0.1, 0.15) is 27.1 Å². The molecule has 1 aliphatic rings. The van der Waals surface area contributed by atoms with Gasteiger partial charge in [0.15, 0.2) is 0 Å². The number of hydrogen-bond acceptors (Lipinski definition) is 7. The van der Waals surface area contributed by atoms with Crippen molar-refractivity contribution in [1.82, 2.24) is 25.2 Å². The van der Waals surface area contributed by atoms with Gasteiger partial charge in [-0.1, -0.05) is 0 Å². The summed E-state index contributed by atoms with van der Waals surface area (Å²) in [6, 6.07) is 3.37. The molecule has 148 valence electrons. The molecule has 0 unspecified atom stereocenters. The molecule has 0 radical (unpaired) electrons. The molecule has 9 nitrogen and oxygen atoms in total. The van der Waals surface area contributed by atoms with E-state index in [0.717, 1.165) is 6.42 Å². The first-order valence-electron chi connectivity index (χ1n) is 9.22. The zero-order valence-corrected chi connectivity index (χ0v) is 15.9. The van der Waals surface area contributed by atoms with Crippen molar-refractivity contribution in [2.24, 2.45) is 0 Å². The molecule has 9 heteroatoms. The van der Waals surface area contributed by atoms with Gasteiger partial charge in [0.05, 0.1) is 11.1 Å². The summed E-state index contributed by atoms with van der Waals surface area (Å²) in [6.07, 6.45) is 7.10. The van der Waals surface area contributed by atoms with E-state index < -0.39 is 0 Å². The summed E-state index contributed by atoms with van der Waals surface area (Å²) in [6.45, 7) is 3.52. The molecule has 0 saturated carbocycles. The van der Waals surface area contributed by atoms with Crippen molar-refractivity contribution in [2.45, 2.75) is 6.42 Å². The Bertz CT molecular complexity index is 793. The normalized spacial score (nSPS) is 14.0. The maximum Gasteiger partial charge on any atom is 0.255 e. The predicted octanol–water partition coefficient (Wildman–Crippen LogP) is 0.600. The number of nitrogens with one attached hydrogen (secondary N) is 1. The van der Waals surface area contributed by atoms with Gasteiger partial charge in [0.1, 0.15) is 0 Å². The van der Waals surface area contributed by atoms with E-state index in [4.69, 9.17) is 4.74 Å². The molecular weight excluding hydrogens is 360 g/mol. The van der Waals surface area contributed by atoms with Crippen LogP contribution in [0.15, 0.2) is 36.9 Å². The van der Waals surface area contributed by atoms with E-state index in [1.54, 1.807) is 36.5 Å². The van der Waals surface area contributed by atoms with Crippen LogP contribution in [0.4, 0.5) is 5.95 Å². The van der Waals surface area contributed by atoms with Crippen LogP contribution in [0.3, 0.4) is 0 Å². The molecular formula is C19H24N6O3. The number of hydrogen-bond donors (Lipinski definition) is 1. The van der Waals surface area contributed by atoms with E-state index in [0.29, 0.717) is 56.4 Å². The lowest BCUT2D eigenvalue weighted by Gasteiger charge is -2.34. The Morgan fingerprint density at radius 2 is 1.82 bits per heavy atom. The standard InChI is InChI=1S/C19H24N6O3/c1-28-11-3-6-21-17(26)15-12-16(14-20-13-15)18(27)24-7-9-25(10-8-24)19-22-4-2-5-23-19/h2,4-5,12-14H,3,6-11H2,1H3,(H,21,26). The molecule has 3 heterocycles. The second-order valence-corrected chi connectivity index (χ2v) is 6.39. The fourth-order valence-corrected chi connectivity index (χ4v) is 2.95. The zero-order valence-electron chi connectivity index (χ0n) is 15.9. The highest BCUT2D eigenvalue weighted by Gasteiger charge is 2.24. The van der Waals surface area contributed by atoms with Gasteiger partial charge in [0.25, 0.3) is 11.8 Å². The number of ether oxygens (including phenoxy) is 1. The molecule has 2 aromatic rings. The fourth-order valence-electron chi connectivity index (χ4n) is 2.95. The number of anilines is 1. The van der Waals surface area contributed by atoms with Gasteiger partial charge in [0, 0.05) is 71.2 Å². The van der Waals surface area contributed by atoms with Gasteiger partial charge in [-0.05, 0) is 18.6 Å². The highest BCUT2D eigenvalue weighted by molar-refractivity contribution is 5.99. The van der Waals surface area contributed by atoms with Crippen molar-refractivity contribution in [3.63, 3.8) is 0 Å². The molecule has 0 bridgehead atoms. The van der Waals surface area contributed by atoms with Crippen LogP contribution in [-0.4, -0.2) is 78.1 Å². The number of carbonyl (C=O) groups is 2. The molecule has 0 spiro atoms. The summed E-state index contributed by atoms with van der Waals surface area (Å²) < 4.78 is 4.96. The lowest BCUT2D eigenvalue weighted by atomic mass is 10.1. The van der Waals surface area contributed by atoms with Crippen molar-refractivity contribution < 1.29 is 14.3 Å². The third kappa shape index (κ3) is 5.01. The van der Waals surface area contributed by atoms with Crippen LogP contribution in [0, 0.1) is 0 Å². The van der Waals surface area contributed by atoms with Crippen LogP contribution in [-0.2, 0) is 4.74 Å². The van der Waals surface area contributed by atoms with Crippen LogP contribution in [0.2, 0.25) is 0 Å². The van der Waals surface area contributed by atoms with Crippen LogP contribution >= 0.6 is 0 Å². The first-order chi connectivity index (χ1) is 13.7. The molecule has 1 fully saturated rings. The molecule has 0 aliphatic carbocycles. The maximum absolute atomic E-state index is 12.8. The molecule has 1 aliphatic heterocycles. The van der Waals surface area contributed by atoms with Crippen molar-refractivity contribution in [1.29, 1.82) is 0 Å². The monoisotopic (exact) mass is 384 g/mol. The minimum atomic E-state index is -0.246. The SMILES string of the molecule is COCCCNC(=O)c1cncc(C(=O)N2CCN(c3ncccn3)CC2)c1. The van der Waals surface area contributed by atoms with Gasteiger partial charge in [0.2, 0.25) is 5.95 Å². The quantitative estimate of drug-likeness (QED) is 0.698. The first kappa shape index (κ1) is 19.7. The number of rotatable bonds is 7. The summed E-state index contributed by atoms with van der Waals surface area (Å²) in [5.74, 6) is 0.294. The molecule has 1 N–H and O–H groups in total.